The van der Waals surface area contributed by atoms with E-state index in [1.807, 2.05) is 0 Å². The van der Waals surface area contributed by atoms with E-state index >= 15 is 0 Å². The van der Waals surface area contributed by atoms with Gasteiger partial charge < -0.3 is 19.8 Å². The number of carbonyl (C=O) groups excluding carboxylic acids is 2. The van der Waals surface area contributed by atoms with Gasteiger partial charge >= 0.3 is 19.5 Å². The van der Waals surface area contributed by atoms with Crippen LogP contribution in [0.5, 0.6) is 0 Å². The van der Waals surface area contributed by atoms with Crippen molar-refractivity contribution in [3.05, 3.63) is 0 Å². The third kappa shape index (κ3) is 2.27. The fourth-order valence-electron chi connectivity index (χ4n) is 0.911. The average Bonchev–Trinajstić information content (AvgIpc) is 1.90. The van der Waals surface area contributed by atoms with E-state index in [0.29, 0.717) is 0 Å². The monoisotopic (exact) mass is 222 g/mol. The molecule has 4 nitrogen and oxygen atoms in total. The summed E-state index contributed by atoms with van der Waals surface area (Å²) < 4.78 is 0. The Balaban J connectivity index is 0. The molecule has 0 N–H and O–H groups in total. The molecule has 0 saturated heterocycles. The molecule has 0 rings (SSSR count). The molecule has 0 fully saturated rings. The normalized spacial score (nSPS) is 10.2. The van der Waals surface area contributed by atoms with E-state index in [9.17, 15) is 19.8 Å². The van der Waals surface area contributed by atoms with Crippen molar-refractivity contribution < 1.29 is 39.3 Å². The van der Waals surface area contributed by atoms with Gasteiger partial charge in [-0.3, -0.25) is 0 Å². The molecule has 0 saturated carbocycles. The van der Waals surface area contributed by atoms with Crippen molar-refractivity contribution in [2.24, 2.45) is 5.41 Å². The molecular weight excluding hydrogens is 213 g/mol. The van der Waals surface area contributed by atoms with Gasteiger partial charge in [0.15, 0.2) is 0 Å². The van der Waals surface area contributed by atoms with E-state index in [0.717, 1.165) is 0 Å². The van der Waals surface area contributed by atoms with Gasteiger partial charge in [0.25, 0.3) is 0 Å². The van der Waals surface area contributed by atoms with E-state index in [1.165, 1.54) is 13.8 Å². The number of carboxylic acid groups (broad SMARTS) is 2. The fourth-order valence-corrected chi connectivity index (χ4v) is 0.911. The zero-order chi connectivity index (χ0) is 9.07. The van der Waals surface area contributed by atoms with Gasteiger partial charge in [0.05, 0.1) is 11.9 Å². The molecule has 0 aromatic rings. The minimum absolute atomic E-state index is 0. The molecule has 0 aromatic heterocycles. The molecule has 64 valence electrons. The third-order valence-electron chi connectivity index (χ3n) is 1.99. The van der Waals surface area contributed by atoms with Gasteiger partial charge in [-0.2, -0.15) is 0 Å². The Morgan fingerprint density at radius 1 is 1.08 bits per heavy atom. The Labute approximate surface area is 83.7 Å². The second-order valence-corrected chi connectivity index (χ2v) is 2.36. The van der Waals surface area contributed by atoms with Crippen LogP contribution in [0.1, 0.15) is 26.7 Å². The number of aliphatic carboxylic acids is 2. The molecule has 12 heavy (non-hydrogen) atoms. The topological polar surface area (TPSA) is 80.3 Å². The molecule has 0 aliphatic rings. The first-order valence-electron chi connectivity index (χ1n) is 3.44. The first kappa shape index (κ1) is 14.1. The van der Waals surface area contributed by atoms with Crippen LogP contribution in [0.4, 0.5) is 0 Å². The van der Waals surface area contributed by atoms with Crippen LogP contribution in [-0.2, 0) is 29.1 Å². The molecule has 0 unspecified atom stereocenters. The first-order valence-corrected chi connectivity index (χ1v) is 3.44. The molecule has 0 aromatic carbocycles. The first-order chi connectivity index (χ1) is 5.01. The summed E-state index contributed by atoms with van der Waals surface area (Å²) in [6.45, 7) is 2.96. The van der Waals surface area contributed by atoms with E-state index in [-0.39, 0.29) is 32.3 Å². The number of carboxylic acids is 2. The molecule has 0 bridgehead atoms. The standard InChI is InChI=1S/C7H12O4.Zn/c1-3-7(4-2,5(8)9)6(10)11;/h3-4H2,1-2H3,(H,8,9)(H,10,11);/q;+2/p-2. The smallest absolute Gasteiger partial charge is 0.549 e. The van der Waals surface area contributed by atoms with Crippen LogP contribution >= 0.6 is 0 Å². The Morgan fingerprint density at radius 3 is 1.33 bits per heavy atom. The average molecular weight is 224 g/mol. The van der Waals surface area contributed by atoms with Crippen molar-refractivity contribution in [2.75, 3.05) is 0 Å². The summed E-state index contributed by atoms with van der Waals surface area (Å²) in [5.41, 5.74) is -1.81. The SMILES string of the molecule is CCC(CC)(C(=O)[O-])C(=O)[O-].[Zn+2]. The summed E-state index contributed by atoms with van der Waals surface area (Å²) in [5.74, 6) is -3.13. The number of hydrogen-bond donors (Lipinski definition) is 0. The van der Waals surface area contributed by atoms with Crippen LogP contribution in [0, 0.1) is 5.41 Å². The predicted octanol–water partition coefficient (Wildman–Crippen LogP) is -1.71. The Bertz CT molecular complexity index is 158. The van der Waals surface area contributed by atoms with Gasteiger partial charge in [-0.15, -0.1) is 0 Å². The fraction of sp³-hybridized carbons (Fsp3) is 0.714. The Hall–Kier alpha value is -0.437. The molecular formula is C7H10O4Zn. The molecule has 0 aliphatic carbocycles. The van der Waals surface area contributed by atoms with Gasteiger partial charge in [0.1, 0.15) is 0 Å². The third-order valence-corrected chi connectivity index (χ3v) is 1.99. The molecule has 0 heterocycles. The largest absolute Gasteiger partial charge is 2.00 e. The number of hydrogen-bond acceptors (Lipinski definition) is 4. The van der Waals surface area contributed by atoms with Crippen LogP contribution in [0.25, 0.3) is 0 Å². The quantitative estimate of drug-likeness (QED) is 0.420. The van der Waals surface area contributed by atoms with E-state index in [4.69, 9.17) is 0 Å². The number of carbonyl (C=O) groups is 2. The minimum atomic E-state index is -1.81. The van der Waals surface area contributed by atoms with Crippen LogP contribution < -0.4 is 10.2 Å². The van der Waals surface area contributed by atoms with Crippen molar-refractivity contribution in [1.82, 2.24) is 0 Å². The van der Waals surface area contributed by atoms with Crippen molar-refractivity contribution in [1.29, 1.82) is 0 Å². The summed E-state index contributed by atoms with van der Waals surface area (Å²) in [4.78, 5) is 20.8. The van der Waals surface area contributed by atoms with E-state index in [2.05, 4.69) is 0 Å². The van der Waals surface area contributed by atoms with Crippen molar-refractivity contribution in [2.45, 2.75) is 26.7 Å². The second-order valence-electron chi connectivity index (χ2n) is 2.36. The van der Waals surface area contributed by atoms with Crippen molar-refractivity contribution in [3.8, 4) is 0 Å². The minimum Gasteiger partial charge on any atom is -0.549 e. The van der Waals surface area contributed by atoms with E-state index in [1.54, 1.807) is 0 Å². The van der Waals surface area contributed by atoms with Crippen molar-refractivity contribution in [3.63, 3.8) is 0 Å². The molecule has 0 amide bonds. The second kappa shape index (κ2) is 5.25. The molecule has 0 aliphatic heterocycles. The maximum Gasteiger partial charge on any atom is 2.00 e. The van der Waals surface area contributed by atoms with Gasteiger partial charge in [0.2, 0.25) is 0 Å². The summed E-state index contributed by atoms with van der Waals surface area (Å²) >= 11 is 0. The van der Waals surface area contributed by atoms with Crippen LogP contribution in [-0.4, -0.2) is 11.9 Å². The Morgan fingerprint density at radius 2 is 1.33 bits per heavy atom. The molecule has 0 atom stereocenters. The summed E-state index contributed by atoms with van der Waals surface area (Å²) in [6, 6.07) is 0. The van der Waals surface area contributed by atoms with Crippen molar-refractivity contribution >= 4 is 11.9 Å². The summed E-state index contributed by atoms with van der Waals surface area (Å²) in [5, 5.41) is 20.8. The maximum absolute atomic E-state index is 10.4. The molecule has 0 radical (unpaired) electrons. The van der Waals surface area contributed by atoms with Crippen LogP contribution in [0.15, 0.2) is 0 Å². The van der Waals surface area contributed by atoms with Gasteiger partial charge in [-0.05, 0) is 12.8 Å². The van der Waals surface area contributed by atoms with Gasteiger partial charge in [-0.25, -0.2) is 0 Å². The molecule has 5 heteroatoms. The van der Waals surface area contributed by atoms with Crippen LogP contribution in [0.2, 0.25) is 0 Å². The summed E-state index contributed by atoms with van der Waals surface area (Å²) in [7, 11) is 0. The van der Waals surface area contributed by atoms with E-state index < -0.39 is 17.4 Å². The van der Waals surface area contributed by atoms with Gasteiger partial charge in [0, 0.05) is 5.41 Å². The predicted molar refractivity (Wildman–Crippen MR) is 33.0 cm³/mol. The number of rotatable bonds is 4. The maximum atomic E-state index is 10.4. The van der Waals surface area contributed by atoms with Gasteiger partial charge in [-0.1, -0.05) is 13.8 Å². The zero-order valence-corrected chi connectivity index (χ0v) is 10.2. The molecule has 0 spiro atoms. The summed E-state index contributed by atoms with van der Waals surface area (Å²) in [6.07, 6.45) is -0.0116. The van der Waals surface area contributed by atoms with Crippen LogP contribution in [0.3, 0.4) is 0 Å². The Kier molecular flexibility index (Phi) is 6.17. The zero-order valence-electron chi connectivity index (χ0n) is 7.25.